The van der Waals surface area contributed by atoms with Gasteiger partial charge in [0, 0.05) is 36.3 Å². The lowest BCUT2D eigenvalue weighted by atomic mass is 9.96. The van der Waals surface area contributed by atoms with Crippen molar-refractivity contribution in [1.82, 2.24) is 19.8 Å². The number of nitrogens with one attached hydrogen (secondary N) is 1. The van der Waals surface area contributed by atoms with E-state index in [9.17, 15) is 10.1 Å². The number of non-ortho nitro benzene ring substituents is 1. The van der Waals surface area contributed by atoms with Gasteiger partial charge in [0.15, 0.2) is 5.11 Å². The van der Waals surface area contributed by atoms with Crippen LogP contribution in [0, 0.1) is 24.0 Å². The van der Waals surface area contributed by atoms with Crippen LogP contribution in [0.15, 0.2) is 72.9 Å². The predicted molar refractivity (Wildman–Crippen MR) is 152 cm³/mol. The first-order valence-electron chi connectivity index (χ1n) is 12.4. The summed E-state index contributed by atoms with van der Waals surface area (Å²) >= 11 is 5.86. The number of methoxy groups -OCH3 is 2. The third-order valence-electron chi connectivity index (χ3n) is 7.11. The Morgan fingerprint density at radius 1 is 1.05 bits per heavy atom. The number of nitro benzene ring substituents is 1. The Kier molecular flexibility index (Phi) is 7.21. The van der Waals surface area contributed by atoms with Crippen LogP contribution in [0.3, 0.4) is 0 Å². The fraction of sp³-hybridized carbons (Fsp3) is 0.241. The highest BCUT2D eigenvalue weighted by atomic mass is 32.1. The molecule has 4 aromatic rings. The van der Waals surface area contributed by atoms with E-state index in [0.717, 1.165) is 34.0 Å². The Morgan fingerprint density at radius 2 is 1.82 bits per heavy atom. The molecule has 0 amide bonds. The molecule has 9 nitrogen and oxygen atoms in total. The number of ether oxygens (including phenoxy) is 2. The van der Waals surface area contributed by atoms with Crippen molar-refractivity contribution in [1.29, 1.82) is 0 Å². The number of benzene rings is 2. The molecule has 1 aliphatic heterocycles. The summed E-state index contributed by atoms with van der Waals surface area (Å²) in [5.41, 5.74) is 5.46. The number of thiocarbonyl (C=S) groups is 1. The van der Waals surface area contributed by atoms with Crippen LogP contribution in [-0.2, 0) is 6.54 Å². The number of nitro groups is 1. The zero-order valence-electron chi connectivity index (χ0n) is 22.1. The molecule has 0 bridgehead atoms. The SMILES string of the molecule is COc1ccc(CN2C(=S)N[C@H](c3ccccn3)[C@@H]2c2cc(C)n(-c3cc([N+](=O)[O-])ccc3OC)c2C)cc1. The zero-order valence-corrected chi connectivity index (χ0v) is 22.9. The standard InChI is InChI=1S/C29H29N5O4S/c1-18-15-23(19(2)33(18)25-16-21(34(35)36)10-13-26(25)38-4)28-27(24-7-5-6-14-30-24)31-29(39)32(28)17-20-8-11-22(37-3)12-9-20/h5-16,27-28H,17H2,1-4H3,(H,31,39)/t27-,28+/m1/s1. The lowest BCUT2D eigenvalue weighted by Gasteiger charge is -2.28. The van der Waals surface area contributed by atoms with Gasteiger partial charge in [-0.3, -0.25) is 15.1 Å². The number of pyridine rings is 1. The molecule has 2 atom stereocenters. The summed E-state index contributed by atoms with van der Waals surface area (Å²) in [7, 11) is 3.21. The molecule has 0 aliphatic carbocycles. The smallest absolute Gasteiger partial charge is 0.271 e. The highest BCUT2D eigenvalue weighted by Gasteiger charge is 2.41. The summed E-state index contributed by atoms with van der Waals surface area (Å²) in [4.78, 5) is 18.0. The van der Waals surface area contributed by atoms with E-state index in [1.54, 1.807) is 32.5 Å². The van der Waals surface area contributed by atoms with Crippen molar-refractivity contribution < 1.29 is 14.4 Å². The summed E-state index contributed by atoms with van der Waals surface area (Å²) in [5.74, 6) is 1.34. The minimum Gasteiger partial charge on any atom is -0.497 e. The average Bonchev–Trinajstić information content (AvgIpc) is 3.43. The van der Waals surface area contributed by atoms with Gasteiger partial charge in [0.1, 0.15) is 11.5 Å². The van der Waals surface area contributed by atoms with Crippen molar-refractivity contribution in [3.8, 4) is 17.2 Å². The molecule has 0 radical (unpaired) electrons. The number of aromatic nitrogens is 2. The predicted octanol–water partition coefficient (Wildman–Crippen LogP) is 5.59. The molecule has 0 unspecified atom stereocenters. The van der Waals surface area contributed by atoms with E-state index in [1.807, 2.05) is 60.9 Å². The molecule has 1 N–H and O–H groups in total. The minimum atomic E-state index is -0.398. The highest BCUT2D eigenvalue weighted by Crippen LogP contribution is 2.43. The molecule has 39 heavy (non-hydrogen) atoms. The van der Waals surface area contributed by atoms with Crippen molar-refractivity contribution in [3.63, 3.8) is 0 Å². The van der Waals surface area contributed by atoms with Gasteiger partial charge in [0.25, 0.3) is 5.69 Å². The summed E-state index contributed by atoms with van der Waals surface area (Å²) in [6.07, 6.45) is 1.78. The van der Waals surface area contributed by atoms with E-state index in [-0.39, 0.29) is 17.8 Å². The van der Waals surface area contributed by atoms with E-state index < -0.39 is 4.92 Å². The lowest BCUT2D eigenvalue weighted by Crippen LogP contribution is -2.29. The maximum atomic E-state index is 11.6. The second-order valence-corrected chi connectivity index (χ2v) is 9.76. The maximum absolute atomic E-state index is 11.6. The second-order valence-electron chi connectivity index (χ2n) is 9.38. The van der Waals surface area contributed by atoms with Crippen molar-refractivity contribution in [3.05, 3.63) is 111 Å². The zero-order chi connectivity index (χ0) is 27.7. The molecule has 2 aromatic carbocycles. The van der Waals surface area contributed by atoms with Crippen LogP contribution in [0.5, 0.6) is 11.5 Å². The monoisotopic (exact) mass is 543 g/mol. The Bertz CT molecular complexity index is 1520. The molecule has 10 heteroatoms. The number of aryl methyl sites for hydroxylation is 1. The summed E-state index contributed by atoms with van der Waals surface area (Å²) < 4.78 is 12.9. The third-order valence-corrected chi connectivity index (χ3v) is 7.47. The molecular formula is C29H29N5O4S. The van der Waals surface area contributed by atoms with Crippen LogP contribution in [0.25, 0.3) is 5.69 Å². The number of rotatable bonds is 8. The van der Waals surface area contributed by atoms with Gasteiger partial charge in [-0.05, 0) is 73.6 Å². The molecule has 1 aliphatic rings. The Hall–Kier alpha value is -4.44. The first-order valence-corrected chi connectivity index (χ1v) is 12.9. The van der Waals surface area contributed by atoms with Gasteiger partial charge < -0.3 is 24.3 Å². The topological polar surface area (TPSA) is 94.7 Å². The Labute approximate surface area is 232 Å². The molecule has 3 heterocycles. The third kappa shape index (κ3) is 4.90. The molecule has 5 rings (SSSR count). The maximum Gasteiger partial charge on any atom is 0.271 e. The van der Waals surface area contributed by atoms with E-state index in [1.165, 1.54) is 6.07 Å². The number of hydrogen-bond donors (Lipinski definition) is 1. The molecule has 2 aromatic heterocycles. The van der Waals surface area contributed by atoms with Crippen molar-refractivity contribution in [2.75, 3.05) is 14.2 Å². The van der Waals surface area contributed by atoms with E-state index in [4.69, 9.17) is 21.7 Å². The lowest BCUT2D eigenvalue weighted by molar-refractivity contribution is -0.384. The summed E-state index contributed by atoms with van der Waals surface area (Å²) in [6, 6.07) is 20.2. The van der Waals surface area contributed by atoms with Crippen molar-refractivity contribution in [2.45, 2.75) is 32.5 Å². The van der Waals surface area contributed by atoms with Crippen molar-refractivity contribution in [2.24, 2.45) is 0 Å². The number of hydrogen-bond acceptors (Lipinski definition) is 6. The average molecular weight is 544 g/mol. The van der Waals surface area contributed by atoms with Crippen molar-refractivity contribution >= 4 is 23.0 Å². The summed E-state index contributed by atoms with van der Waals surface area (Å²) in [5, 5.41) is 15.7. The van der Waals surface area contributed by atoms with Crippen LogP contribution in [0.4, 0.5) is 5.69 Å². The van der Waals surface area contributed by atoms with E-state index >= 15 is 0 Å². The van der Waals surface area contributed by atoms with Gasteiger partial charge in [-0.25, -0.2) is 0 Å². The second kappa shape index (κ2) is 10.7. The molecule has 0 spiro atoms. The van der Waals surface area contributed by atoms with Crippen LogP contribution in [0.2, 0.25) is 0 Å². The molecule has 200 valence electrons. The first kappa shape index (κ1) is 26.2. The molecule has 0 saturated carbocycles. The van der Waals surface area contributed by atoms with Gasteiger partial charge in [0.05, 0.1) is 42.6 Å². The minimum absolute atomic E-state index is 0.00365. The molecule has 1 fully saturated rings. The first-order chi connectivity index (χ1) is 18.8. The van der Waals surface area contributed by atoms with Crippen LogP contribution >= 0.6 is 12.2 Å². The van der Waals surface area contributed by atoms with Crippen LogP contribution in [0.1, 0.15) is 40.3 Å². The van der Waals surface area contributed by atoms with Gasteiger partial charge in [0.2, 0.25) is 0 Å². The Balaban J connectivity index is 1.63. The highest BCUT2D eigenvalue weighted by molar-refractivity contribution is 7.80. The number of nitrogens with zero attached hydrogens (tertiary/aromatic N) is 4. The molecular weight excluding hydrogens is 514 g/mol. The van der Waals surface area contributed by atoms with Crippen LogP contribution < -0.4 is 14.8 Å². The van der Waals surface area contributed by atoms with E-state index in [2.05, 4.69) is 21.3 Å². The normalized spacial score (nSPS) is 16.7. The fourth-order valence-corrected chi connectivity index (χ4v) is 5.57. The van der Waals surface area contributed by atoms with Crippen LogP contribution in [-0.4, -0.2) is 38.7 Å². The quantitative estimate of drug-likeness (QED) is 0.175. The van der Waals surface area contributed by atoms with Gasteiger partial charge >= 0.3 is 0 Å². The summed E-state index contributed by atoms with van der Waals surface area (Å²) in [6.45, 7) is 4.58. The van der Waals surface area contributed by atoms with Gasteiger partial charge in [-0.2, -0.15) is 0 Å². The Morgan fingerprint density at radius 3 is 2.46 bits per heavy atom. The van der Waals surface area contributed by atoms with E-state index in [0.29, 0.717) is 23.1 Å². The van der Waals surface area contributed by atoms with Gasteiger partial charge in [-0.1, -0.05) is 18.2 Å². The molecule has 1 saturated heterocycles. The fourth-order valence-electron chi connectivity index (χ4n) is 5.27. The largest absolute Gasteiger partial charge is 0.497 e. The van der Waals surface area contributed by atoms with Gasteiger partial charge in [-0.15, -0.1) is 0 Å².